The molecule has 3 aromatic rings. The standard InChI is InChI=1S/C25H22ClF3N4O5/c1-15(23(36)37-2)31-21(34)13-38-14-22(35)33(19-8-6-17(7-9-19)25(27,28)29)24-30-11-10-20(32-24)16-4-3-5-18(26)12-16/h3-12,15H,13-14H2,1-2H3,(H,31,34). The number of ether oxygens (including phenoxy) is 2. The number of anilines is 2. The zero-order valence-corrected chi connectivity index (χ0v) is 20.9. The normalized spacial score (nSPS) is 11.9. The minimum absolute atomic E-state index is 0.0404. The number of rotatable bonds is 9. The van der Waals surface area contributed by atoms with Gasteiger partial charge in [0, 0.05) is 16.8 Å². The molecule has 1 unspecified atom stereocenters. The molecule has 38 heavy (non-hydrogen) atoms. The minimum atomic E-state index is -4.58. The summed E-state index contributed by atoms with van der Waals surface area (Å²) >= 11 is 6.06. The highest BCUT2D eigenvalue weighted by atomic mass is 35.5. The van der Waals surface area contributed by atoms with Crippen molar-refractivity contribution in [2.45, 2.75) is 19.1 Å². The van der Waals surface area contributed by atoms with Crippen molar-refractivity contribution in [3.05, 3.63) is 71.4 Å². The van der Waals surface area contributed by atoms with Crippen LogP contribution in [0.15, 0.2) is 60.8 Å². The minimum Gasteiger partial charge on any atom is -0.467 e. The van der Waals surface area contributed by atoms with Crippen molar-refractivity contribution in [2.24, 2.45) is 0 Å². The molecule has 3 rings (SSSR count). The Morgan fingerprint density at radius 3 is 2.42 bits per heavy atom. The van der Waals surface area contributed by atoms with Crippen LogP contribution in [-0.2, 0) is 30.0 Å². The third kappa shape index (κ3) is 7.49. The summed E-state index contributed by atoms with van der Waals surface area (Å²) in [6, 6.07) is 11.2. The van der Waals surface area contributed by atoms with E-state index in [2.05, 4.69) is 20.0 Å². The molecule has 2 amide bonds. The molecule has 1 heterocycles. The molecule has 2 aromatic carbocycles. The molecule has 9 nitrogen and oxygen atoms in total. The van der Waals surface area contributed by atoms with Gasteiger partial charge in [-0.25, -0.2) is 19.7 Å². The topological polar surface area (TPSA) is 111 Å². The lowest BCUT2D eigenvalue weighted by atomic mass is 10.1. The van der Waals surface area contributed by atoms with Crippen molar-refractivity contribution in [3.8, 4) is 11.3 Å². The van der Waals surface area contributed by atoms with Gasteiger partial charge >= 0.3 is 12.1 Å². The quantitative estimate of drug-likeness (QED) is 0.398. The van der Waals surface area contributed by atoms with Crippen LogP contribution in [0.1, 0.15) is 12.5 Å². The molecule has 1 atom stereocenters. The number of hydrogen-bond acceptors (Lipinski definition) is 7. The van der Waals surface area contributed by atoms with E-state index in [9.17, 15) is 27.6 Å². The smallest absolute Gasteiger partial charge is 0.416 e. The molecular weight excluding hydrogens is 529 g/mol. The van der Waals surface area contributed by atoms with Crippen molar-refractivity contribution in [1.29, 1.82) is 0 Å². The van der Waals surface area contributed by atoms with Gasteiger partial charge in [-0.05, 0) is 49.4 Å². The number of esters is 1. The summed E-state index contributed by atoms with van der Waals surface area (Å²) < 4.78 is 48.9. The number of hydrogen-bond donors (Lipinski definition) is 1. The van der Waals surface area contributed by atoms with Crippen LogP contribution in [0.5, 0.6) is 0 Å². The van der Waals surface area contributed by atoms with Crippen LogP contribution in [0.3, 0.4) is 0 Å². The molecule has 0 bridgehead atoms. The van der Waals surface area contributed by atoms with E-state index in [1.807, 2.05) is 0 Å². The summed E-state index contributed by atoms with van der Waals surface area (Å²) in [7, 11) is 1.17. The lowest BCUT2D eigenvalue weighted by molar-refractivity contribution is -0.145. The van der Waals surface area contributed by atoms with Gasteiger partial charge in [-0.2, -0.15) is 13.2 Å². The molecule has 0 radical (unpaired) electrons. The van der Waals surface area contributed by atoms with Crippen LogP contribution in [0.2, 0.25) is 5.02 Å². The van der Waals surface area contributed by atoms with E-state index in [0.717, 1.165) is 29.2 Å². The van der Waals surface area contributed by atoms with Gasteiger partial charge in [-0.1, -0.05) is 23.7 Å². The molecule has 1 N–H and O–H groups in total. The maximum absolute atomic E-state index is 13.2. The first-order valence-electron chi connectivity index (χ1n) is 11.0. The molecule has 0 saturated carbocycles. The third-order valence-electron chi connectivity index (χ3n) is 5.06. The van der Waals surface area contributed by atoms with Crippen molar-refractivity contribution in [3.63, 3.8) is 0 Å². The fraction of sp³-hybridized carbons (Fsp3) is 0.240. The molecule has 13 heteroatoms. The zero-order chi connectivity index (χ0) is 27.9. The highest BCUT2D eigenvalue weighted by Gasteiger charge is 2.31. The highest BCUT2D eigenvalue weighted by Crippen LogP contribution is 2.32. The summed E-state index contributed by atoms with van der Waals surface area (Å²) in [5.74, 6) is -2.25. The molecule has 200 valence electrons. The van der Waals surface area contributed by atoms with Crippen LogP contribution in [-0.4, -0.2) is 54.1 Å². The first-order chi connectivity index (χ1) is 18.0. The summed E-state index contributed by atoms with van der Waals surface area (Å²) in [5, 5.41) is 2.79. The number of methoxy groups -OCH3 is 1. The predicted octanol–water partition coefficient (Wildman–Crippen LogP) is 4.17. The Balaban J connectivity index is 1.85. The average Bonchev–Trinajstić information content (AvgIpc) is 2.88. The molecule has 0 aliphatic rings. The Morgan fingerprint density at radius 2 is 1.79 bits per heavy atom. The third-order valence-corrected chi connectivity index (χ3v) is 5.29. The molecule has 0 spiro atoms. The van der Waals surface area contributed by atoms with Gasteiger partial charge < -0.3 is 14.8 Å². The molecule has 0 saturated heterocycles. The van der Waals surface area contributed by atoms with E-state index in [-0.39, 0.29) is 11.6 Å². The first-order valence-corrected chi connectivity index (χ1v) is 11.4. The van der Waals surface area contributed by atoms with Gasteiger partial charge in [0.05, 0.1) is 24.1 Å². The number of carbonyl (C=O) groups is 3. The number of nitrogens with one attached hydrogen (secondary N) is 1. The SMILES string of the molecule is COC(=O)C(C)NC(=O)COCC(=O)N(c1ccc(C(F)(F)F)cc1)c1nccc(-c2cccc(Cl)c2)n1. The number of aromatic nitrogens is 2. The van der Waals surface area contributed by atoms with Gasteiger partial charge in [-0.15, -0.1) is 0 Å². The molecule has 1 aromatic heterocycles. The highest BCUT2D eigenvalue weighted by molar-refractivity contribution is 6.30. The zero-order valence-electron chi connectivity index (χ0n) is 20.2. The Labute approximate surface area is 220 Å². The van der Waals surface area contributed by atoms with Crippen molar-refractivity contribution in [2.75, 3.05) is 25.2 Å². The molecule has 0 fully saturated rings. The van der Waals surface area contributed by atoms with Crippen LogP contribution in [0.25, 0.3) is 11.3 Å². The largest absolute Gasteiger partial charge is 0.467 e. The van der Waals surface area contributed by atoms with E-state index in [1.54, 1.807) is 30.3 Å². The van der Waals surface area contributed by atoms with Gasteiger partial charge in [0.25, 0.3) is 5.91 Å². The summed E-state index contributed by atoms with van der Waals surface area (Å²) in [5.41, 5.74) is 0.154. The van der Waals surface area contributed by atoms with Gasteiger partial charge in [0.1, 0.15) is 19.3 Å². The lowest BCUT2D eigenvalue weighted by Gasteiger charge is -2.22. The molecule has 0 aliphatic carbocycles. The maximum Gasteiger partial charge on any atom is 0.416 e. The van der Waals surface area contributed by atoms with Crippen LogP contribution >= 0.6 is 11.6 Å². The van der Waals surface area contributed by atoms with Crippen LogP contribution in [0, 0.1) is 0 Å². The Bertz CT molecular complexity index is 1300. The fourth-order valence-corrected chi connectivity index (χ4v) is 3.44. The number of benzene rings is 2. The molecule has 0 aliphatic heterocycles. The lowest BCUT2D eigenvalue weighted by Crippen LogP contribution is -2.41. The predicted molar refractivity (Wildman–Crippen MR) is 132 cm³/mol. The number of nitrogens with zero attached hydrogens (tertiary/aromatic N) is 3. The van der Waals surface area contributed by atoms with Gasteiger partial charge in [-0.3, -0.25) is 9.59 Å². The Hall–Kier alpha value is -4.03. The van der Waals surface area contributed by atoms with Crippen molar-refractivity contribution in [1.82, 2.24) is 15.3 Å². The molecular formula is C25H22ClF3N4O5. The van der Waals surface area contributed by atoms with E-state index in [4.69, 9.17) is 16.3 Å². The number of carbonyl (C=O) groups excluding carboxylic acids is 3. The van der Waals surface area contributed by atoms with Crippen LogP contribution < -0.4 is 10.2 Å². The van der Waals surface area contributed by atoms with E-state index < -0.39 is 48.8 Å². The van der Waals surface area contributed by atoms with Crippen molar-refractivity contribution < 1.29 is 37.0 Å². The van der Waals surface area contributed by atoms with Crippen molar-refractivity contribution >= 4 is 41.0 Å². The second-order valence-corrected chi connectivity index (χ2v) is 8.27. The van der Waals surface area contributed by atoms with Gasteiger partial charge in [0.15, 0.2) is 0 Å². The average molecular weight is 551 g/mol. The number of halogens is 4. The second kappa shape index (κ2) is 12.5. The van der Waals surface area contributed by atoms with Gasteiger partial charge in [0.2, 0.25) is 11.9 Å². The Kier molecular flexibility index (Phi) is 9.37. The summed E-state index contributed by atoms with van der Waals surface area (Å²) in [4.78, 5) is 46.1. The van der Waals surface area contributed by atoms with E-state index in [0.29, 0.717) is 16.3 Å². The monoisotopic (exact) mass is 550 g/mol. The number of alkyl halides is 3. The van der Waals surface area contributed by atoms with Crippen LogP contribution in [0.4, 0.5) is 24.8 Å². The summed E-state index contributed by atoms with van der Waals surface area (Å²) in [6.07, 6.45) is -3.19. The van der Waals surface area contributed by atoms with E-state index >= 15 is 0 Å². The second-order valence-electron chi connectivity index (χ2n) is 7.83. The maximum atomic E-state index is 13.2. The fourth-order valence-electron chi connectivity index (χ4n) is 3.25. The summed E-state index contributed by atoms with van der Waals surface area (Å²) in [6.45, 7) is 0.189. The van der Waals surface area contributed by atoms with E-state index in [1.165, 1.54) is 20.2 Å². The first kappa shape index (κ1) is 28.5. The Morgan fingerprint density at radius 1 is 1.08 bits per heavy atom. The number of amides is 2.